The van der Waals surface area contributed by atoms with Gasteiger partial charge in [-0.25, -0.2) is 13.8 Å². The Morgan fingerprint density at radius 2 is 2.00 bits per heavy atom. The van der Waals surface area contributed by atoms with Crippen molar-refractivity contribution in [2.24, 2.45) is 11.3 Å². The second-order valence-electron chi connectivity index (χ2n) is 6.11. The molecule has 2 N–H and O–H groups in total. The Morgan fingerprint density at radius 1 is 1.30 bits per heavy atom. The van der Waals surface area contributed by atoms with Gasteiger partial charge in [0.25, 0.3) is 0 Å². The summed E-state index contributed by atoms with van der Waals surface area (Å²) >= 11 is 1.17. The Labute approximate surface area is 142 Å². The first-order valence-corrected chi connectivity index (χ1v) is 8.16. The van der Waals surface area contributed by atoms with E-state index in [0.29, 0.717) is 15.3 Å². The third-order valence-corrected chi connectivity index (χ3v) is 5.70. The minimum absolute atomic E-state index is 0. The van der Waals surface area contributed by atoms with Gasteiger partial charge in [0, 0.05) is 12.0 Å². The zero-order chi connectivity index (χ0) is 15.3. The van der Waals surface area contributed by atoms with Crippen molar-refractivity contribution in [3.05, 3.63) is 23.8 Å². The lowest BCUT2D eigenvalue weighted by molar-refractivity contribution is -0.118. The number of hydrogen-bond donors (Lipinski definition) is 2. The second kappa shape index (κ2) is 5.96. The van der Waals surface area contributed by atoms with Gasteiger partial charge in [0.2, 0.25) is 5.91 Å². The van der Waals surface area contributed by atoms with Crippen LogP contribution in [0.15, 0.2) is 12.1 Å². The smallest absolute Gasteiger partial charge is 0.229 e. The molecular weight excluding hydrogens is 344 g/mol. The number of piperidine rings is 1. The quantitative estimate of drug-likeness (QED) is 0.864. The van der Waals surface area contributed by atoms with Crippen LogP contribution in [0.25, 0.3) is 10.2 Å². The summed E-state index contributed by atoms with van der Waals surface area (Å²) in [7, 11) is 0. The number of hydrogen-bond acceptors (Lipinski definition) is 4. The van der Waals surface area contributed by atoms with Gasteiger partial charge in [-0.3, -0.25) is 4.79 Å². The average Bonchev–Trinajstić information content (AvgIpc) is 3.04. The molecule has 1 unspecified atom stereocenters. The highest BCUT2D eigenvalue weighted by atomic mass is 35.5. The maximum Gasteiger partial charge on any atom is 0.229 e. The number of carbonyl (C=O) groups is 1. The first kappa shape index (κ1) is 16.5. The molecule has 1 aliphatic carbocycles. The monoisotopic (exact) mass is 359 g/mol. The highest BCUT2D eigenvalue weighted by molar-refractivity contribution is 7.22. The van der Waals surface area contributed by atoms with E-state index in [9.17, 15) is 13.6 Å². The summed E-state index contributed by atoms with van der Waals surface area (Å²) in [4.78, 5) is 16.5. The van der Waals surface area contributed by atoms with Gasteiger partial charge >= 0.3 is 0 Å². The van der Waals surface area contributed by atoms with Crippen LogP contribution in [0.3, 0.4) is 0 Å². The molecule has 0 radical (unpaired) electrons. The van der Waals surface area contributed by atoms with Crippen molar-refractivity contribution in [2.45, 2.75) is 19.3 Å². The number of benzene rings is 1. The van der Waals surface area contributed by atoms with Crippen LogP contribution in [0.2, 0.25) is 0 Å². The number of halogens is 3. The van der Waals surface area contributed by atoms with Gasteiger partial charge in [0.05, 0.1) is 10.2 Å². The lowest BCUT2D eigenvalue weighted by Gasteiger charge is -2.22. The summed E-state index contributed by atoms with van der Waals surface area (Å²) in [6, 6.07) is 2.17. The maximum absolute atomic E-state index is 13.2. The fraction of sp³-hybridized carbons (Fsp3) is 0.467. The van der Waals surface area contributed by atoms with Crippen molar-refractivity contribution in [1.82, 2.24) is 10.3 Å². The molecule has 1 amide bonds. The standard InChI is InChI=1S/C15H15F2N3OS.ClH/c16-9-5-11-12(6-10(9)17)22-14(19-11)20-13(21)8-7-15(8)1-3-18-4-2-15;/h5-6,8,18H,1-4,7H2,(H,19,20,21);1H. The fourth-order valence-corrected chi connectivity index (χ4v) is 4.24. The van der Waals surface area contributed by atoms with Crippen LogP contribution in [0.5, 0.6) is 0 Å². The molecule has 2 fully saturated rings. The molecule has 8 heteroatoms. The topological polar surface area (TPSA) is 54.0 Å². The van der Waals surface area contributed by atoms with E-state index in [-0.39, 0.29) is 29.6 Å². The number of anilines is 1. The van der Waals surface area contributed by atoms with Gasteiger partial charge in [-0.05, 0) is 43.8 Å². The number of amides is 1. The Morgan fingerprint density at radius 3 is 2.74 bits per heavy atom. The van der Waals surface area contributed by atoms with E-state index in [1.54, 1.807) is 0 Å². The lowest BCUT2D eigenvalue weighted by Crippen LogP contribution is -2.31. The Kier molecular flexibility index (Phi) is 4.29. The number of rotatable bonds is 2. The molecule has 4 rings (SSSR count). The zero-order valence-electron chi connectivity index (χ0n) is 12.2. The molecule has 1 saturated carbocycles. The summed E-state index contributed by atoms with van der Waals surface area (Å²) in [5.74, 6) is -1.81. The summed E-state index contributed by atoms with van der Waals surface area (Å²) in [6.07, 6.45) is 2.98. The minimum Gasteiger partial charge on any atom is -0.317 e. The highest BCUT2D eigenvalue weighted by Crippen LogP contribution is 2.58. The third kappa shape index (κ3) is 2.93. The van der Waals surface area contributed by atoms with E-state index < -0.39 is 11.6 Å². The van der Waals surface area contributed by atoms with Gasteiger partial charge in [-0.1, -0.05) is 11.3 Å². The SMILES string of the molecule is Cl.O=C(Nc1nc2cc(F)c(F)cc2s1)C1CC12CCNCC2. The first-order valence-electron chi connectivity index (χ1n) is 7.35. The first-order chi connectivity index (χ1) is 10.6. The van der Waals surface area contributed by atoms with Crippen molar-refractivity contribution in [1.29, 1.82) is 0 Å². The van der Waals surface area contributed by atoms with Crippen molar-refractivity contribution < 1.29 is 13.6 Å². The highest BCUT2D eigenvalue weighted by Gasteiger charge is 2.57. The van der Waals surface area contributed by atoms with Crippen LogP contribution in [-0.4, -0.2) is 24.0 Å². The predicted octanol–water partition coefficient (Wildman–Crippen LogP) is 3.32. The van der Waals surface area contributed by atoms with E-state index in [1.807, 2.05) is 0 Å². The predicted molar refractivity (Wildman–Crippen MR) is 88.1 cm³/mol. The second-order valence-corrected chi connectivity index (χ2v) is 7.14. The maximum atomic E-state index is 13.2. The van der Waals surface area contributed by atoms with Gasteiger partial charge in [-0.2, -0.15) is 0 Å². The van der Waals surface area contributed by atoms with Crippen LogP contribution in [0.1, 0.15) is 19.3 Å². The lowest BCUT2D eigenvalue weighted by atomic mass is 9.92. The molecule has 1 spiro atoms. The van der Waals surface area contributed by atoms with Crippen LogP contribution in [0, 0.1) is 23.0 Å². The molecule has 1 aromatic carbocycles. The number of nitrogens with zero attached hydrogens (tertiary/aromatic N) is 1. The normalized spacial score (nSPS) is 21.9. The molecule has 4 nitrogen and oxygen atoms in total. The molecule has 124 valence electrons. The minimum atomic E-state index is -0.925. The van der Waals surface area contributed by atoms with E-state index in [0.717, 1.165) is 44.5 Å². The summed E-state index contributed by atoms with van der Waals surface area (Å²) in [6.45, 7) is 1.92. The molecular formula is C15H16ClF2N3OS. The van der Waals surface area contributed by atoms with Crippen LogP contribution in [0.4, 0.5) is 13.9 Å². The molecule has 1 aromatic heterocycles. The van der Waals surface area contributed by atoms with Gasteiger partial charge in [-0.15, -0.1) is 12.4 Å². The molecule has 0 bridgehead atoms. The van der Waals surface area contributed by atoms with Gasteiger partial charge < -0.3 is 10.6 Å². The van der Waals surface area contributed by atoms with E-state index in [1.165, 1.54) is 11.3 Å². The Hall–Kier alpha value is -1.31. The van der Waals surface area contributed by atoms with E-state index >= 15 is 0 Å². The molecule has 2 aromatic rings. The molecule has 2 heterocycles. The Balaban J connectivity index is 0.00000156. The van der Waals surface area contributed by atoms with Crippen molar-refractivity contribution in [3.8, 4) is 0 Å². The average molecular weight is 360 g/mol. The number of fused-ring (bicyclic) bond motifs is 1. The molecule has 1 atom stereocenters. The number of aromatic nitrogens is 1. The van der Waals surface area contributed by atoms with Crippen molar-refractivity contribution in [2.75, 3.05) is 18.4 Å². The van der Waals surface area contributed by atoms with Crippen LogP contribution in [-0.2, 0) is 4.79 Å². The molecule has 23 heavy (non-hydrogen) atoms. The summed E-state index contributed by atoms with van der Waals surface area (Å²) in [5, 5.41) is 6.52. The third-order valence-electron chi connectivity index (χ3n) is 4.77. The number of thiazole rings is 1. The molecule has 2 aliphatic rings. The number of carbonyl (C=O) groups excluding carboxylic acids is 1. The van der Waals surface area contributed by atoms with E-state index in [4.69, 9.17) is 0 Å². The van der Waals surface area contributed by atoms with Crippen LogP contribution >= 0.6 is 23.7 Å². The molecule has 1 aliphatic heterocycles. The summed E-state index contributed by atoms with van der Waals surface area (Å²) < 4.78 is 26.9. The fourth-order valence-electron chi connectivity index (χ4n) is 3.37. The number of nitrogens with one attached hydrogen (secondary N) is 2. The van der Waals surface area contributed by atoms with Gasteiger partial charge in [0.1, 0.15) is 0 Å². The molecule has 1 saturated heterocycles. The van der Waals surface area contributed by atoms with Crippen LogP contribution < -0.4 is 10.6 Å². The largest absolute Gasteiger partial charge is 0.317 e. The zero-order valence-corrected chi connectivity index (χ0v) is 13.8. The van der Waals surface area contributed by atoms with E-state index in [2.05, 4.69) is 15.6 Å². The van der Waals surface area contributed by atoms with Crippen molar-refractivity contribution >= 4 is 45.0 Å². The summed E-state index contributed by atoms with van der Waals surface area (Å²) in [5.41, 5.74) is 0.524. The van der Waals surface area contributed by atoms with Gasteiger partial charge in [0.15, 0.2) is 16.8 Å². The Bertz CT molecular complexity index is 722. The van der Waals surface area contributed by atoms with Crippen molar-refractivity contribution in [3.63, 3.8) is 0 Å².